The smallest absolute Gasteiger partial charge is 0.286 e. The molecule has 128 valence electrons. The molecule has 0 saturated carbocycles. The van der Waals surface area contributed by atoms with Crippen LogP contribution in [0.1, 0.15) is 25.2 Å². The van der Waals surface area contributed by atoms with Crippen LogP contribution in [0.2, 0.25) is 0 Å². The monoisotopic (exact) mass is 355 g/mol. The number of thioether (sulfide) groups is 1. The molecule has 0 unspecified atom stereocenters. The topological polar surface area (TPSA) is 51.9 Å². The van der Waals surface area contributed by atoms with Gasteiger partial charge in [0.25, 0.3) is 5.24 Å². The predicted molar refractivity (Wildman–Crippen MR) is 85.2 cm³/mol. The van der Waals surface area contributed by atoms with E-state index in [2.05, 4.69) is 0 Å². The Kier molecular flexibility index (Phi) is 3.98. The fourth-order valence-corrected chi connectivity index (χ4v) is 4.17. The summed E-state index contributed by atoms with van der Waals surface area (Å²) in [6, 6.07) is 1.45. The molecule has 1 aromatic carbocycles. The van der Waals surface area contributed by atoms with Crippen LogP contribution in [0.4, 0.5) is 19.3 Å². The molecule has 24 heavy (non-hydrogen) atoms. The zero-order valence-corrected chi connectivity index (χ0v) is 13.7. The van der Waals surface area contributed by atoms with E-state index in [0.29, 0.717) is 30.0 Å². The van der Waals surface area contributed by atoms with Crippen molar-refractivity contribution >= 4 is 33.7 Å². The van der Waals surface area contributed by atoms with Crippen LogP contribution in [0.25, 0.3) is 11.0 Å². The minimum atomic E-state index is -1.10. The Hall–Kier alpha value is -1.64. The Bertz CT molecular complexity index is 803. The second-order valence-corrected chi connectivity index (χ2v) is 6.65. The number of carbonyl (C=O) groups excluding carboxylic acids is 1. The van der Waals surface area contributed by atoms with Gasteiger partial charge < -0.3 is 13.9 Å². The van der Waals surface area contributed by atoms with Crippen molar-refractivity contribution in [2.75, 3.05) is 23.9 Å². The molecule has 2 saturated heterocycles. The zero-order chi connectivity index (χ0) is 16.8. The second-order valence-electron chi connectivity index (χ2n) is 5.67. The number of furan rings is 1. The third-order valence-electron chi connectivity index (χ3n) is 4.32. The molecule has 2 aliphatic rings. The quantitative estimate of drug-likeness (QED) is 0.826. The lowest BCUT2D eigenvalue weighted by molar-refractivity contribution is -0.0467. The van der Waals surface area contributed by atoms with Crippen molar-refractivity contribution in [1.29, 1.82) is 0 Å². The molecule has 0 N–H and O–H groups in total. The number of rotatable bonds is 3. The Morgan fingerprint density at radius 1 is 1.29 bits per heavy atom. The molecule has 1 amide bonds. The van der Waals surface area contributed by atoms with E-state index in [4.69, 9.17) is 13.9 Å². The third-order valence-corrected chi connectivity index (χ3v) is 5.32. The molecule has 0 aliphatic carbocycles. The molecular weight excluding hydrogens is 340 g/mol. The van der Waals surface area contributed by atoms with E-state index >= 15 is 0 Å². The van der Waals surface area contributed by atoms with E-state index in [-0.39, 0.29) is 22.4 Å². The van der Waals surface area contributed by atoms with Crippen molar-refractivity contribution in [3.8, 4) is 0 Å². The summed E-state index contributed by atoms with van der Waals surface area (Å²) in [5.41, 5.74) is 0.223. The van der Waals surface area contributed by atoms with Gasteiger partial charge in [0, 0.05) is 22.7 Å². The van der Waals surface area contributed by atoms with Gasteiger partial charge in [-0.2, -0.15) is 4.39 Å². The molecule has 1 aromatic heterocycles. The van der Waals surface area contributed by atoms with E-state index in [0.717, 1.165) is 6.42 Å². The SMILES string of the molecule is CC[C@H]1CSC(=O)N1c1coc2c(F)c(F)c(C3OCCO3)cc12. The fraction of sp³-hybridized carbons (Fsp3) is 0.438. The van der Waals surface area contributed by atoms with Crippen molar-refractivity contribution in [2.45, 2.75) is 25.7 Å². The van der Waals surface area contributed by atoms with Crippen LogP contribution >= 0.6 is 11.8 Å². The highest BCUT2D eigenvalue weighted by Gasteiger charge is 2.35. The highest BCUT2D eigenvalue weighted by molar-refractivity contribution is 8.14. The molecule has 3 heterocycles. The van der Waals surface area contributed by atoms with Gasteiger partial charge in [0.05, 0.1) is 18.9 Å². The van der Waals surface area contributed by atoms with Crippen molar-refractivity contribution in [3.05, 3.63) is 29.5 Å². The van der Waals surface area contributed by atoms with Crippen LogP contribution in [-0.2, 0) is 9.47 Å². The maximum atomic E-state index is 14.4. The van der Waals surface area contributed by atoms with Crippen molar-refractivity contribution < 1.29 is 27.5 Å². The van der Waals surface area contributed by atoms with E-state index in [1.165, 1.54) is 24.1 Å². The summed E-state index contributed by atoms with van der Waals surface area (Å²) in [7, 11) is 0. The number of nitrogens with zero attached hydrogens (tertiary/aromatic N) is 1. The second kappa shape index (κ2) is 6.02. The summed E-state index contributed by atoms with van der Waals surface area (Å²) in [6.07, 6.45) is 1.12. The number of benzene rings is 1. The first-order valence-electron chi connectivity index (χ1n) is 7.70. The number of fused-ring (bicyclic) bond motifs is 1. The first-order valence-corrected chi connectivity index (χ1v) is 8.68. The summed E-state index contributed by atoms with van der Waals surface area (Å²) < 4.78 is 44.5. The molecule has 1 atom stereocenters. The molecule has 2 aliphatic heterocycles. The first kappa shape index (κ1) is 15.9. The predicted octanol–water partition coefficient (Wildman–Crippen LogP) is 4.21. The lowest BCUT2D eigenvalue weighted by Gasteiger charge is -2.21. The highest BCUT2D eigenvalue weighted by atomic mass is 32.2. The lowest BCUT2D eigenvalue weighted by atomic mass is 10.1. The maximum absolute atomic E-state index is 14.4. The Balaban J connectivity index is 1.87. The highest BCUT2D eigenvalue weighted by Crippen LogP contribution is 2.41. The van der Waals surface area contributed by atoms with Crippen LogP contribution in [-0.4, -0.2) is 30.2 Å². The Morgan fingerprint density at radius 2 is 2.04 bits per heavy atom. The Labute approximate surface area is 140 Å². The van der Waals surface area contributed by atoms with E-state index < -0.39 is 17.9 Å². The number of halogens is 2. The molecule has 8 heteroatoms. The number of ether oxygens (including phenoxy) is 2. The average molecular weight is 355 g/mol. The van der Waals surface area contributed by atoms with Gasteiger partial charge in [0.2, 0.25) is 5.82 Å². The van der Waals surface area contributed by atoms with Crippen LogP contribution < -0.4 is 4.90 Å². The van der Waals surface area contributed by atoms with Crippen molar-refractivity contribution in [1.82, 2.24) is 0 Å². The molecule has 0 spiro atoms. The number of carbonyl (C=O) groups is 1. The summed E-state index contributed by atoms with van der Waals surface area (Å²) in [5.74, 6) is -1.49. The van der Waals surface area contributed by atoms with Gasteiger partial charge in [0.1, 0.15) is 6.26 Å². The van der Waals surface area contributed by atoms with Gasteiger partial charge in [0.15, 0.2) is 17.7 Å². The van der Waals surface area contributed by atoms with Crippen LogP contribution in [0, 0.1) is 11.6 Å². The maximum Gasteiger partial charge on any atom is 0.286 e. The molecule has 4 rings (SSSR count). The van der Waals surface area contributed by atoms with Gasteiger partial charge >= 0.3 is 0 Å². The number of hydrogen-bond donors (Lipinski definition) is 0. The van der Waals surface area contributed by atoms with Crippen molar-refractivity contribution in [2.24, 2.45) is 0 Å². The molecule has 2 aromatic rings. The molecule has 5 nitrogen and oxygen atoms in total. The van der Waals surface area contributed by atoms with Gasteiger partial charge in [-0.05, 0) is 12.5 Å². The Morgan fingerprint density at radius 3 is 2.75 bits per heavy atom. The number of hydrogen-bond acceptors (Lipinski definition) is 5. The molecule has 0 bridgehead atoms. The van der Waals surface area contributed by atoms with E-state index in [1.54, 1.807) is 4.90 Å². The minimum Gasteiger partial charge on any atom is -0.459 e. The third kappa shape index (κ3) is 2.32. The number of amides is 1. The standard InChI is InChI=1S/C16H15F2NO4S/c1-2-8-7-24-16(20)19(8)11-6-23-14-9(11)5-10(12(17)13(14)18)15-21-3-4-22-15/h5-6,8,15H,2-4,7H2,1H3/t8-/m0/s1. The summed E-state index contributed by atoms with van der Waals surface area (Å²) in [6.45, 7) is 2.62. The molecule has 0 radical (unpaired) electrons. The fourth-order valence-electron chi connectivity index (χ4n) is 3.06. The van der Waals surface area contributed by atoms with Crippen LogP contribution in [0.3, 0.4) is 0 Å². The van der Waals surface area contributed by atoms with E-state index in [1.807, 2.05) is 6.92 Å². The number of anilines is 1. The largest absolute Gasteiger partial charge is 0.459 e. The first-order chi connectivity index (χ1) is 11.6. The van der Waals surface area contributed by atoms with Crippen molar-refractivity contribution in [3.63, 3.8) is 0 Å². The summed E-state index contributed by atoms with van der Waals surface area (Å²) in [4.78, 5) is 13.8. The molecule has 2 fully saturated rings. The summed E-state index contributed by atoms with van der Waals surface area (Å²) >= 11 is 1.21. The average Bonchev–Trinajstić information content (AvgIpc) is 3.29. The molecular formula is C16H15F2NO4S. The zero-order valence-electron chi connectivity index (χ0n) is 12.9. The van der Waals surface area contributed by atoms with Crippen LogP contribution in [0.15, 0.2) is 16.7 Å². The summed E-state index contributed by atoms with van der Waals surface area (Å²) in [5, 5.41) is 0.224. The van der Waals surface area contributed by atoms with Gasteiger partial charge in [-0.1, -0.05) is 18.7 Å². The van der Waals surface area contributed by atoms with Gasteiger partial charge in [-0.3, -0.25) is 9.69 Å². The van der Waals surface area contributed by atoms with Crippen LogP contribution in [0.5, 0.6) is 0 Å². The normalized spacial score (nSPS) is 22.2. The van der Waals surface area contributed by atoms with E-state index in [9.17, 15) is 13.6 Å². The lowest BCUT2D eigenvalue weighted by Crippen LogP contribution is -2.32. The van der Waals surface area contributed by atoms with Gasteiger partial charge in [-0.25, -0.2) is 4.39 Å². The van der Waals surface area contributed by atoms with Gasteiger partial charge in [-0.15, -0.1) is 0 Å². The minimum absolute atomic E-state index is 0.00107.